The second kappa shape index (κ2) is 6.65. The van der Waals surface area contributed by atoms with Crippen LogP contribution in [-0.4, -0.2) is 11.0 Å². The smallest absolute Gasteiger partial charge is 0.0793 e. The fraction of sp³-hybridized carbons (Fsp3) is 0.385. The van der Waals surface area contributed by atoms with Gasteiger partial charge in [-0.2, -0.15) is 0 Å². The molecule has 0 bridgehead atoms. The van der Waals surface area contributed by atoms with Crippen LogP contribution in [0.1, 0.15) is 30.1 Å². The van der Waals surface area contributed by atoms with Crippen LogP contribution in [0.2, 0.25) is 0 Å². The van der Waals surface area contributed by atoms with Gasteiger partial charge >= 0.3 is 0 Å². The zero-order chi connectivity index (χ0) is 11.1. The molecule has 1 rings (SSSR count). The molecule has 0 saturated carbocycles. The number of rotatable bonds is 6. The molecule has 2 heteroatoms. The van der Waals surface area contributed by atoms with E-state index in [4.69, 9.17) is 11.6 Å². The van der Waals surface area contributed by atoms with Crippen molar-refractivity contribution in [3.63, 3.8) is 0 Å². The molecule has 0 heterocycles. The lowest BCUT2D eigenvalue weighted by molar-refractivity contribution is 0.166. The quantitative estimate of drug-likeness (QED) is 0.580. The summed E-state index contributed by atoms with van der Waals surface area (Å²) in [5, 5.41) is 9.97. The van der Waals surface area contributed by atoms with Crippen molar-refractivity contribution in [1.29, 1.82) is 0 Å². The Balaban J connectivity index is 2.76. The minimum Gasteiger partial charge on any atom is -0.388 e. The maximum atomic E-state index is 9.97. The molecule has 1 atom stereocenters. The largest absolute Gasteiger partial charge is 0.388 e. The van der Waals surface area contributed by atoms with Gasteiger partial charge in [0.05, 0.1) is 6.10 Å². The summed E-state index contributed by atoms with van der Waals surface area (Å²) in [4.78, 5) is 0. The van der Waals surface area contributed by atoms with E-state index in [1.807, 2.05) is 30.3 Å². The summed E-state index contributed by atoms with van der Waals surface area (Å²) in [6, 6.07) is 7.93. The number of halogens is 1. The Hall–Kier alpha value is -0.790. The minimum atomic E-state index is -0.403. The van der Waals surface area contributed by atoms with Gasteiger partial charge < -0.3 is 5.11 Å². The van der Waals surface area contributed by atoms with Crippen LogP contribution in [0.3, 0.4) is 0 Å². The summed E-state index contributed by atoms with van der Waals surface area (Å²) in [5.41, 5.74) is 2.15. The van der Waals surface area contributed by atoms with E-state index in [1.165, 1.54) is 0 Å². The van der Waals surface area contributed by atoms with Crippen LogP contribution in [0.25, 0.3) is 0 Å². The molecule has 0 aliphatic rings. The molecule has 0 saturated heterocycles. The Morgan fingerprint density at radius 2 is 2.13 bits per heavy atom. The second-order valence-electron chi connectivity index (χ2n) is 3.54. The van der Waals surface area contributed by atoms with Crippen LogP contribution in [0.4, 0.5) is 0 Å². The zero-order valence-corrected chi connectivity index (χ0v) is 9.58. The highest BCUT2D eigenvalue weighted by Gasteiger charge is 2.10. The monoisotopic (exact) mass is 224 g/mol. The van der Waals surface area contributed by atoms with Crippen molar-refractivity contribution < 1.29 is 5.11 Å². The topological polar surface area (TPSA) is 20.2 Å². The van der Waals surface area contributed by atoms with Crippen molar-refractivity contribution in [2.75, 3.05) is 5.88 Å². The molecule has 1 unspecified atom stereocenters. The minimum absolute atomic E-state index is 0.403. The molecule has 1 aromatic rings. The molecule has 0 aliphatic carbocycles. The molecule has 0 radical (unpaired) electrons. The first-order valence-electron chi connectivity index (χ1n) is 5.22. The Morgan fingerprint density at radius 3 is 2.80 bits per heavy atom. The third kappa shape index (κ3) is 3.69. The van der Waals surface area contributed by atoms with Crippen LogP contribution in [0.15, 0.2) is 36.9 Å². The molecule has 0 aliphatic heterocycles. The van der Waals surface area contributed by atoms with Gasteiger partial charge in [-0.15, -0.1) is 18.2 Å². The molecule has 0 amide bonds. The fourth-order valence-corrected chi connectivity index (χ4v) is 1.78. The van der Waals surface area contributed by atoms with Crippen LogP contribution in [-0.2, 0) is 6.42 Å². The van der Waals surface area contributed by atoms with Crippen molar-refractivity contribution in [2.24, 2.45) is 0 Å². The number of benzene rings is 1. The standard InChI is InChI=1S/C13H17ClO/c1-2-6-11-7-3-4-8-12(11)13(15)9-5-10-14/h2-4,7-8,13,15H,1,5-6,9-10H2. The molecule has 15 heavy (non-hydrogen) atoms. The van der Waals surface area contributed by atoms with E-state index in [2.05, 4.69) is 6.58 Å². The van der Waals surface area contributed by atoms with Crippen LogP contribution < -0.4 is 0 Å². The summed E-state index contributed by atoms with van der Waals surface area (Å²) in [6.45, 7) is 3.72. The van der Waals surface area contributed by atoms with E-state index in [0.29, 0.717) is 5.88 Å². The lowest BCUT2D eigenvalue weighted by atomic mass is 9.97. The van der Waals surface area contributed by atoms with E-state index in [1.54, 1.807) is 0 Å². The Labute approximate surface area is 96.4 Å². The SMILES string of the molecule is C=CCc1ccccc1C(O)CCCCl. The van der Waals surface area contributed by atoms with E-state index in [0.717, 1.165) is 30.4 Å². The van der Waals surface area contributed by atoms with Crippen molar-refractivity contribution in [2.45, 2.75) is 25.4 Å². The molecule has 0 aromatic heterocycles. The van der Waals surface area contributed by atoms with Gasteiger partial charge in [-0.25, -0.2) is 0 Å². The van der Waals surface area contributed by atoms with Crippen molar-refractivity contribution >= 4 is 11.6 Å². The molecular formula is C13H17ClO. The highest BCUT2D eigenvalue weighted by molar-refractivity contribution is 6.17. The van der Waals surface area contributed by atoms with Gasteiger partial charge in [-0.1, -0.05) is 30.3 Å². The first-order valence-corrected chi connectivity index (χ1v) is 5.75. The lowest BCUT2D eigenvalue weighted by Crippen LogP contribution is -2.02. The molecule has 1 N–H and O–H groups in total. The number of aliphatic hydroxyl groups is 1. The number of allylic oxidation sites excluding steroid dienone is 1. The molecule has 1 nitrogen and oxygen atoms in total. The number of aliphatic hydroxyl groups excluding tert-OH is 1. The van der Waals surface area contributed by atoms with Crippen molar-refractivity contribution in [1.82, 2.24) is 0 Å². The highest BCUT2D eigenvalue weighted by atomic mass is 35.5. The summed E-state index contributed by atoms with van der Waals surface area (Å²) >= 11 is 5.61. The van der Waals surface area contributed by atoms with Crippen LogP contribution >= 0.6 is 11.6 Å². The third-order valence-electron chi connectivity index (χ3n) is 2.39. The summed E-state index contributed by atoms with van der Waals surface area (Å²) in [6.07, 6.45) is 3.81. The normalized spacial score (nSPS) is 12.4. The zero-order valence-electron chi connectivity index (χ0n) is 8.82. The van der Waals surface area contributed by atoms with Gasteiger partial charge in [0.15, 0.2) is 0 Å². The van der Waals surface area contributed by atoms with Crippen LogP contribution in [0, 0.1) is 0 Å². The van der Waals surface area contributed by atoms with Gasteiger partial charge in [0, 0.05) is 5.88 Å². The molecule has 1 aromatic carbocycles. The predicted molar refractivity (Wildman–Crippen MR) is 65.3 cm³/mol. The first-order chi connectivity index (χ1) is 7.29. The summed E-state index contributed by atoms with van der Waals surface area (Å²) in [7, 11) is 0. The van der Waals surface area contributed by atoms with Gasteiger partial charge in [0.1, 0.15) is 0 Å². The Bertz CT molecular complexity index is 309. The fourth-order valence-electron chi connectivity index (χ4n) is 1.63. The third-order valence-corrected chi connectivity index (χ3v) is 2.66. The van der Waals surface area contributed by atoms with Gasteiger partial charge in [0.25, 0.3) is 0 Å². The van der Waals surface area contributed by atoms with Crippen molar-refractivity contribution in [3.05, 3.63) is 48.0 Å². The Kier molecular flexibility index (Phi) is 5.44. The molecule has 0 spiro atoms. The number of hydrogen-bond donors (Lipinski definition) is 1. The lowest BCUT2D eigenvalue weighted by Gasteiger charge is -2.14. The predicted octanol–water partition coefficient (Wildman–Crippen LogP) is 3.47. The first kappa shape index (κ1) is 12.3. The number of hydrogen-bond acceptors (Lipinski definition) is 1. The average Bonchev–Trinajstić information content (AvgIpc) is 2.27. The van der Waals surface area contributed by atoms with E-state index in [9.17, 15) is 5.11 Å². The highest BCUT2D eigenvalue weighted by Crippen LogP contribution is 2.22. The van der Waals surface area contributed by atoms with Gasteiger partial charge in [0.2, 0.25) is 0 Å². The molecule has 0 fully saturated rings. The van der Waals surface area contributed by atoms with E-state index in [-0.39, 0.29) is 0 Å². The average molecular weight is 225 g/mol. The maximum absolute atomic E-state index is 9.97. The number of alkyl halides is 1. The van der Waals surface area contributed by atoms with E-state index >= 15 is 0 Å². The van der Waals surface area contributed by atoms with Gasteiger partial charge in [-0.05, 0) is 30.4 Å². The van der Waals surface area contributed by atoms with Crippen molar-refractivity contribution in [3.8, 4) is 0 Å². The molecular weight excluding hydrogens is 208 g/mol. The Morgan fingerprint density at radius 1 is 1.40 bits per heavy atom. The molecule has 82 valence electrons. The summed E-state index contributed by atoms with van der Waals surface area (Å²) < 4.78 is 0. The van der Waals surface area contributed by atoms with Crippen LogP contribution in [0.5, 0.6) is 0 Å². The second-order valence-corrected chi connectivity index (χ2v) is 3.92. The maximum Gasteiger partial charge on any atom is 0.0793 e. The summed E-state index contributed by atoms with van der Waals surface area (Å²) in [5.74, 6) is 0.598. The van der Waals surface area contributed by atoms with Gasteiger partial charge in [-0.3, -0.25) is 0 Å². The van der Waals surface area contributed by atoms with E-state index < -0.39 is 6.10 Å².